The summed E-state index contributed by atoms with van der Waals surface area (Å²) in [5.41, 5.74) is 3.01. The number of hydrogen-bond donors (Lipinski definition) is 1. The monoisotopic (exact) mass is 345 g/mol. The van der Waals surface area contributed by atoms with Gasteiger partial charge in [-0.3, -0.25) is 19.4 Å². The Morgan fingerprint density at radius 3 is 2.60 bits per heavy atom. The highest BCUT2D eigenvalue weighted by molar-refractivity contribution is 5.84. The maximum atomic E-state index is 12.8. The molecule has 1 fully saturated rings. The molecular formula is C18H27N5O2. The number of aromatic nitrogens is 3. The second kappa shape index (κ2) is 6.29. The normalized spacial score (nSPS) is 20.8. The number of amides is 1. The van der Waals surface area contributed by atoms with Gasteiger partial charge in [0.1, 0.15) is 0 Å². The molecule has 25 heavy (non-hydrogen) atoms. The standard InChI is InChI=1S/C18H27N5O2/c1-10-8-23(9-14(10)21(4)5)15(24)7-13-11(2)16-17(19-12(13)3)20-22(6)18(16)25/h10,14H,7-9H2,1-6H3,(H,19,20)/t10-,14-/m0/s1. The summed E-state index contributed by atoms with van der Waals surface area (Å²) in [6, 6.07) is 0.392. The number of rotatable bonds is 3. The van der Waals surface area contributed by atoms with Gasteiger partial charge in [-0.25, -0.2) is 4.98 Å². The molecule has 3 rings (SSSR count). The highest BCUT2D eigenvalue weighted by Gasteiger charge is 2.33. The van der Waals surface area contributed by atoms with E-state index in [2.05, 4.69) is 36.0 Å². The van der Waals surface area contributed by atoms with Gasteiger partial charge in [0.15, 0.2) is 5.65 Å². The molecule has 0 saturated carbocycles. The molecule has 1 amide bonds. The van der Waals surface area contributed by atoms with Gasteiger partial charge < -0.3 is 9.80 Å². The van der Waals surface area contributed by atoms with Gasteiger partial charge in [-0.2, -0.15) is 0 Å². The molecule has 1 aliphatic rings. The quantitative estimate of drug-likeness (QED) is 0.894. The van der Waals surface area contributed by atoms with Gasteiger partial charge in [0.25, 0.3) is 5.56 Å². The summed E-state index contributed by atoms with van der Waals surface area (Å²) in [5, 5.41) is 3.54. The number of fused-ring (bicyclic) bond motifs is 1. The zero-order valence-corrected chi connectivity index (χ0v) is 15.9. The van der Waals surface area contributed by atoms with E-state index in [1.54, 1.807) is 7.05 Å². The lowest BCUT2D eigenvalue weighted by Gasteiger charge is -2.22. The maximum Gasteiger partial charge on any atom is 0.276 e. The van der Waals surface area contributed by atoms with Crippen LogP contribution < -0.4 is 5.56 Å². The van der Waals surface area contributed by atoms with Gasteiger partial charge in [-0.05, 0) is 45.0 Å². The van der Waals surface area contributed by atoms with Crippen molar-refractivity contribution in [3.63, 3.8) is 0 Å². The average molecular weight is 345 g/mol. The molecule has 0 spiro atoms. The number of nitrogens with one attached hydrogen (secondary N) is 1. The van der Waals surface area contributed by atoms with Crippen LogP contribution in [-0.2, 0) is 18.3 Å². The molecule has 1 saturated heterocycles. The van der Waals surface area contributed by atoms with E-state index in [1.165, 1.54) is 4.68 Å². The average Bonchev–Trinajstić information content (AvgIpc) is 3.04. The molecule has 1 aliphatic heterocycles. The second-order valence-electron chi connectivity index (χ2n) is 7.48. The fraction of sp³-hybridized carbons (Fsp3) is 0.611. The number of pyridine rings is 1. The molecule has 2 atom stereocenters. The first-order valence-corrected chi connectivity index (χ1v) is 8.69. The largest absolute Gasteiger partial charge is 0.341 e. The number of H-pyrrole nitrogens is 1. The number of carbonyl (C=O) groups excluding carboxylic acids is 1. The van der Waals surface area contributed by atoms with E-state index in [0.717, 1.165) is 29.9 Å². The Bertz CT molecular complexity index is 880. The number of likely N-dealkylation sites (N-methyl/N-ethyl adjacent to an activating group) is 1. The van der Waals surface area contributed by atoms with Gasteiger partial charge in [0.05, 0.1) is 11.8 Å². The number of carbonyl (C=O) groups is 1. The number of aryl methyl sites for hydroxylation is 3. The zero-order chi connectivity index (χ0) is 18.5. The SMILES string of the molecule is Cc1nc2[nH]n(C)c(=O)c2c(C)c1CC(=O)N1C[C@H](C)[C@@H](N(C)C)C1. The number of nitrogens with zero attached hydrogens (tertiary/aromatic N) is 4. The third-order valence-electron chi connectivity index (χ3n) is 5.49. The third kappa shape index (κ3) is 2.97. The van der Waals surface area contributed by atoms with Crippen LogP contribution in [0.3, 0.4) is 0 Å². The highest BCUT2D eigenvalue weighted by atomic mass is 16.2. The van der Waals surface area contributed by atoms with Crippen LogP contribution in [0.15, 0.2) is 4.79 Å². The molecule has 0 bridgehead atoms. The molecule has 0 radical (unpaired) electrons. The first-order valence-electron chi connectivity index (χ1n) is 8.69. The summed E-state index contributed by atoms with van der Waals surface area (Å²) in [4.78, 5) is 33.8. The topological polar surface area (TPSA) is 74.2 Å². The van der Waals surface area contributed by atoms with Gasteiger partial charge in [0.2, 0.25) is 5.91 Å². The van der Waals surface area contributed by atoms with Gasteiger partial charge in [-0.1, -0.05) is 6.92 Å². The summed E-state index contributed by atoms with van der Waals surface area (Å²) < 4.78 is 1.43. The molecule has 136 valence electrons. The fourth-order valence-electron chi connectivity index (χ4n) is 3.96. The van der Waals surface area contributed by atoms with Crippen molar-refractivity contribution in [2.24, 2.45) is 13.0 Å². The molecule has 1 N–H and O–H groups in total. The van der Waals surface area contributed by atoms with Crippen molar-refractivity contribution in [2.75, 3.05) is 27.2 Å². The Kier molecular flexibility index (Phi) is 4.45. The van der Waals surface area contributed by atoms with E-state index in [4.69, 9.17) is 0 Å². The van der Waals surface area contributed by atoms with E-state index in [-0.39, 0.29) is 11.5 Å². The van der Waals surface area contributed by atoms with Crippen LogP contribution in [0.4, 0.5) is 0 Å². The van der Waals surface area contributed by atoms with Crippen LogP contribution in [0.2, 0.25) is 0 Å². The van der Waals surface area contributed by atoms with Crippen LogP contribution in [0.5, 0.6) is 0 Å². The molecule has 3 heterocycles. The van der Waals surface area contributed by atoms with Crippen LogP contribution in [0.1, 0.15) is 23.7 Å². The number of likely N-dealkylation sites (tertiary alicyclic amines) is 1. The van der Waals surface area contributed by atoms with Crippen molar-refractivity contribution in [2.45, 2.75) is 33.2 Å². The Balaban J connectivity index is 1.89. The van der Waals surface area contributed by atoms with E-state index in [0.29, 0.717) is 29.4 Å². The predicted octanol–water partition coefficient (Wildman–Crippen LogP) is 0.829. The Morgan fingerprint density at radius 2 is 2.00 bits per heavy atom. The molecule has 7 nitrogen and oxygen atoms in total. The van der Waals surface area contributed by atoms with Crippen molar-refractivity contribution >= 4 is 16.9 Å². The molecule has 0 aliphatic carbocycles. The smallest absolute Gasteiger partial charge is 0.276 e. The van der Waals surface area contributed by atoms with Crippen molar-refractivity contribution in [1.82, 2.24) is 24.6 Å². The molecule has 0 aromatic carbocycles. The van der Waals surface area contributed by atoms with Crippen LogP contribution >= 0.6 is 0 Å². The Hall–Kier alpha value is -2.15. The number of aromatic amines is 1. The third-order valence-corrected chi connectivity index (χ3v) is 5.49. The number of hydrogen-bond acceptors (Lipinski definition) is 4. The van der Waals surface area contributed by atoms with Crippen molar-refractivity contribution in [3.05, 3.63) is 27.2 Å². The second-order valence-corrected chi connectivity index (χ2v) is 7.48. The minimum absolute atomic E-state index is 0.101. The summed E-state index contributed by atoms with van der Waals surface area (Å²) in [6.45, 7) is 7.53. The fourth-order valence-corrected chi connectivity index (χ4v) is 3.96. The molecule has 0 unspecified atom stereocenters. The highest BCUT2D eigenvalue weighted by Crippen LogP contribution is 2.24. The van der Waals surface area contributed by atoms with Gasteiger partial charge >= 0.3 is 0 Å². The predicted molar refractivity (Wildman–Crippen MR) is 97.7 cm³/mol. The van der Waals surface area contributed by atoms with E-state index in [1.807, 2.05) is 18.7 Å². The summed E-state index contributed by atoms with van der Waals surface area (Å²) in [5.74, 6) is 0.564. The maximum absolute atomic E-state index is 12.8. The Morgan fingerprint density at radius 1 is 1.32 bits per heavy atom. The van der Waals surface area contributed by atoms with E-state index in [9.17, 15) is 9.59 Å². The molecule has 7 heteroatoms. The first-order chi connectivity index (χ1) is 11.7. The van der Waals surface area contributed by atoms with Crippen molar-refractivity contribution in [3.8, 4) is 0 Å². The minimum atomic E-state index is -0.101. The van der Waals surface area contributed by atoms with Crippen LogP contribution in [0.25, 0.3) is 11.0 Å². The summed E-state index contributed by atoms with van der Waals surface area (Å²) >= 11 is 0. The molecule has 2 aromatic rings. The van der Waals surface area contributed by atoms with E-state index >= 15 is 0 Å². The zero-order valence-electron chi connectivity index (χ0n) is 15.9. The van der Waals surface area contributed by atoms with Crippen LogP contribution in [0, 0.1) is 19.8 Å². The first kappa shape index (κ1) is 17.7. The lowest BCUT2D eigenvalue weighted by molar-refractivity contribution is -0.129. The molecular weight excluding hydrogens is 318 g/mol. The lowest BCUT2D eigenvalue weighted by Crippen LogP contribution is -2.36. The summed E-state index contributed by atoms with van der Waals surface area (Å²) in [6.07, 6.45) is 0.293. The Labute approximate surface area is 147 Å². The van der Waals surface area contributed by atoms with E-state index < -0.39 is 0 Å². The lowest BCUT2D eigenvalue weighted by atomic mass is 10.0. The van der Waals surface area contributed by atoms with Gasteiger partial charge in [-0.15, -0.1) is 0 Å². The minimum Gasteiger partial charge on any atom is -0.341 e. The van der Waals surface area contributed by atoms with Gasteiger partial charge in [0, 0.05) is 31.9 Å². The molecule has 2 aromatic heterocycles. The van der Waals surface area contributed by atoms with Crippen molar-refractivity contribution < 1.29 is 4.79 Å². The summed E-state index contributed by atoms with van der Waals surface area (Å²) in [7, 11) is 5.79. The van der Waals surface area contributed by atoms with Crippen molar-refractivity contribution in [1.29, 1.82) is 0 Å². The van der Waals surface area contributed by atoms with Crippen LogP contribution in [-0.4, -0.2) is 63.7 Å².